The number of carbonyl (C=O) groups is 5. The summed E-state index contributed by atoms with van der Waals surface area (Å²) in [5.41, 5.74) is 0.198. The van der Waals surface area contributed by atoms with Crippen LogP contribution < -0.4 is 20.4 Å². The molecular formula is C35H39FN6O10. The lowest BCUT2D eigenvalue weighted by Crippen LogP contribution is -2.52. The highest BCUT2D eigenvalue weighted by molar-refractivity contribution is 5.99. The van der Waals surface area contributed by atoms with Crippen molar-refractivity contribution in [2.45, 2.75) is 19.4 Å². The highest BCUT2D eigenvalue weighted by Gasteiger charge is 2.33. The van der Waals surface area contributed by atoms with Crippen LogP contribution in [0.4, 0.5) is 20.6 Å². The third-order valence-corrected chi connectivity index (χ3v) is 8.68. The van der Waals surface area contributed by atoms with Crippen LogP contribution in [0.25, 0.3) is 0 Å². The van der Waals surface area contributed by atoms with Crippen LogP contribution in [-0.2, 0) is 14.3 Å². The fourth-order valence-corrected chi connectivity index (χ4v) is 5.88. The van der Waals surface area contributed by atoms with Gasteiger partial charge in [-0.3, -0.25) is 24.1 Å². The van der Waals surface area contributed by atoms with E-state index < -0.39 is 65.3 Å². The van der Waals surface area contributed by atoms with Gasteiger partial charge in [0.1, 0.15) is 18.5 Å². The molecule has 52 heavy (non-hydrogen) atoms. The number of ether oxygens (including phenoxy) is 1. The van der Waals surface area contributed by atoms with Gasteiger partial charge in [-0.1, -0.05) is 12.1 Å². The number of hydrogen-bond acceptors (Lipinski definition) is 11. The van der Waals surface area contributed by atoms with Crippen molar-refractivity contribution in [1.29, 1.82) is 0 Å². The first-order chi connectivity index (χ1) is 24.8. The van der Waals surface area contributed by atoms with Gasteiger partial charge in [-0.15, -0.1) is 0 Å². The molecule has 2 aliphatic heterocycles. The summed E-state index contributed by atoms with van der Waals surface area (Å²) in [6.45, 7) is 2.15. The number of halogens is 1. The summed E-state index contributed by atoms with van der Waals surface area (Å²) in [5.74, 6) is -4.86. The van der Waals surface area contributed by atoms with Crippen molar-refractivity contribution >= 4 is 41.1 Å². The van der Waals surface area contributed by atoms with Crippen molar-refractivity contribution in [2.24, 2.45) is 0 Å². The monoisotopic (exact) mass is 722 g/mol. The number of nitrogens with zero attached hydrogens (tertiary/aromatic N) is 4. The van der Waals surface area contributed by atoms with Gasteiger partial charge in [0.2, 0.25) is 11.8 Å². The first kappa shape index (κ1) is 37.0. The Kier molecular flexibility index (Phi) is 11.5. The lowest BCUT2D eigenvalue weighted by molar-refractivity contribution is -0.132. The first-order valence-electron chi connectivity index (χ1n) is 16.5. The van der Waals surface area contributed by atoms with E-state index in [4.69, 9.17) is 4.74 Å². The Morgan fingerprint density at radius 2 is 1.56 bits per heavy atom. The Labute approximate surface area is 297 Å². The smallest absolute Gasteiger partial charge is 0.414 e. The van der Waals surface area contributed by atoms with E-state index in [0.717, 1.165) is 0 Å². The molecule has 0 saturated carbocycles. The first-order valence-corrected chi connectivity index (χ1v) is 16.5. The van der Waals surface area contributed by atoms with Gasteiger partial charge in [-0.2, -0.15) is 0 Å². The van der Waals surface area contributed by atoms with Gasteiger partial charge >= 0.3 is 6.09 Å². The minimum atomic E-state index is -0.734. The van der Waals surface area contributed by atoms with Crippen LogP contribution >= 0.6 is 0 Å². The maximum atomic E-state index is 15.3. The molecule has 0 radical (unpaired) electrons. The van der Waals surface area contributed by atoms with Gasteiger partial charge < -0.3 is 50.5 Å². The van der Waals surface area contributed by atoms with E-state index >= 15 is 4.39 Å². The molecule has 2 aliphatic rings. The zero-order chi connectivity index (χ0) is 37.5. The Morgan fingerprint density at radius 3 is 2.21 bits per heavy atom. The SMILES string of the molecule is CC(=O)NC[C@H]1CN(c2ccc(N3CCN(C(=O)CN(CCCNC(=O)c4cccc(O)c4O)C(=O)c4cccc(O)c4O)CC3)c(F)c2)C(=O)O1. The standard InChI is InChI=1S/C35H39FN6O10/c1-21(43)38-18-23-19-42(35(51)52-23)22-9-10-27(26(36)17-22)39-13-15-40(16-14-39)30(46)20-41(34(50)25-6-3-8-29(45)32(25)48)12-4-11-37-33(49)24-5-2-7-28(44)31(24)47/h2-3,5-10,17,23,44-45,47-48H,4,11-16,18-20H2,1H3,(H,37,49)(H,38,43)/t23-/m0/s1. The molecule has 17 heteroatoms. The number of amides is 5. The number of anilines is 2. The van der Waals surface area contributed by atoms with Crippen LogP contribution in [0, 0.1) is 5.82 Å². The van der Waals surface area contributed by atoms with Crippen molar-refractivity contribution < 1.29 is 53.5 Å². The zero-order valence-electron chi connectivity index (χ0n) is 28.2. The predicted octanol–water partition coefficient (Wildman–Crippen LogP) is 1.72. The van der Waals surface area contributed by atoms with Crippen molar-refractivity contribution in [3.63, 3.8) is 0 Å². The normalized spacial score (nSPS) is 15.6. The van der Waals surface area contributed by atoms with Crippen molar-refractivity contribution in [2.75, 3.05) is 68.7 Å². The lowest BCUT2D eigenvalue weighted by atomic mass is 10.1. The molecule has 0 bridgehead atoms. The number of para-hydroxylation sites is 2. The fourth-order valence-electron chi connectivity index (χ4n) is 5.88. The Hall–Kier alpha value is -6.26. The molecule has 3 aromatic carbocycles. The molecule has 5 amide bonds. The summed E-state index contributed by atoms with van der Waals surface area (Å²) in [6.07, 6.45) is -1.06. The molecule has 276 valence electrons. The number of rotatable bonds is 12. The number of nitrogens with one attached hydrogen (secondary N) is 2. The van der Waals surface area contributed by atoms with Crippen molar-refractivity contribution in [1.82, 2.24) is 20.4 Å². The number of phenolic OH excluding ortho intramolecular Hbond substituents is 4. The molecule has 5 rings (SSSR count). The second-order valence-corrected chi connectivity index (χ2v) is 12.2. The summed E-state index contributed by atoms with van der Waals surface area (Å²) >= 11 is 0. The van der Waals surface area contributed by atoms with Crippen LogP contribution in [0.5, 0.6) is 23.0 Å². The van der Waals surface area contributed by atoms with E-state index in [0.29, 0.717) is 5.69 Å². The van der Waals surface area contributed by atoms with Gasteiger partial charge in [-0.25, -0.2) is 9.18 Å². The van der Waals surface area contributed by atoms with Crippen LogP contribution in [0.15, 0.2) is 54.6 Å². The summed E-state index contributed by atoms with van der Waals surface area (Å²) in [5, 5.41) is 45.1. The molecule has 0 aliphatic carbocycles. The van der Waals surface area contributed by atoms with Crippen LogP contribution in [0.2, 0.25) is 0 Å². The van der Waals surface area contributed by atoms with Gasteiger partial charge in [0.15, 0.2) is 23.0 Å². The summed E-state index contributed by atoms with van der Waals surface area (Å²) in [6, 6.07) is 12.2. The Balaban J connectivity index is 1.19. The maximum absolute atomic E-state index is 15.3. The fraction of sp³-hybridized carbons (Fsp3) is 0.343. The number of cyclic esters (lactones) is 1. The molecule has 1 atom stereocenters. The number of aromatic hydroxyl groups is 4. The van der Waals surface area contributed by atoms with Crippen molar-refractivity contribution in [3.8, 4) is 23.0 Å². The van der Waals surface area contributed by atoms with Crippen LogP contribution in [-0.4, -0.2) is 125 Å². The van der Waals surface area contributed by atoms with Gasteiger partial charge in [-0.05, 0) is 48.9 Å². The number of hydrogen-bond donors (Lipinski definition) is 6. The molecule has 0 unspecified atom stereocenters. The summed E-state index contributed by atoms with van der Waals surface area (Å²) < 4.78 is 20.6. The predicted molar refractivity (Wildman–Crippen MR) is 184 cm³/mol. The molecule has 16 nitrogen and oxygen atoms in total. The average Bonchev–Trinajstić information content (AvgIpc) is 3.50. The lowest BCUT2D eigenvalue weighted by Gasteiger charge is -2.37. The van der Waals surface area contributed by atoms with E-state index in [1.54, 1.807) is 17.0 Å². The van der Waals surface area contributed by atoms with Gasteiger partial charge in [0.25, 0.3) is 11.8 Å². The molecule has 6 N–H and O–H groups in total. The minimum Gasteiger partial charge on any atom is -0.504 e. The molecule has 0 aromatic heterocycles. The number of phenols is 4. The number of benzene rings is 3. The molecule has 3 aromatic rings. The topological polar surface area (TPSA) is 213 Å². The molecule has 2 saturated heterocycles. The molecule has 0 spiro atoms. The summed E-state index contributed by atoms with van der Waals surface area (Å²) in [7, 11) is 0. The quantitative estimate of drug-likeness (QED) is 0.117. The second kappa shape index (κ2) is 16.2. The third-order valence-electron chi connectivity index (χ3n) is 8.68. The third kappa shape index (κ3) is 8.54. The Bertz CT molecular complexity index is 1850. The molecule has 2 heterocycles. The second-order valence-electron chi connectivity index (χ2n) is 12.2. The largest absolute Gasteiger partial charge is 0.504 e. The van der Waals surface area contributed by atoms with E-state index in [9.17, 15) is 44.4 Å². The molecule has 2 fully saturated rings. The zero-order valence-corrected chi connectivity index (χ0v) is 28.2. The van der Waals surface area contributed by atoms with Crippen LogP contribution in [0.3, 0.4) is 0 Å². The van der Waals surface area contributed by atoms with Gasteiger partial charge in [0, 0.05) is 46.2 Å². The van der Waals surface area contributed by atoms with E-state index in [2.05, 4.69) is 10.6 Å². The number of carbonyl (C=O) groups excluding carboxylic acids is 5. The van der Waals surface area contributed by atoms with E-state index in [-0.39, 0.29) is 81.5 Å². The highest BCUT2D eigenvalue weighted by atomic mass is 19.1. The highest BCUT2D eigenvalue weighted by Crippen LogP contribution is 2.31. The average molecular weight is 723 g/mol. The molecular weight excluding hydrogens is 683 g/mol. The Morgan fingerprint density at radius 1 is 0.904 bits per heavy atom. The van der Waals surface area contributed by atoms with Crippen molar-refractivity contribution in [3.05, 3.63) is 71.5 Å². The number of piperazine rings is 1. The maximum Gasteiger partial charge on any atom is 0.414 e. The van der Waals surface area contributed by atoms with Gasteiger partial charge in [0.05, 0.1) is 35.6 Å². The van der Waals surface area contributed by atoms with Crippen LogP contribution in [0.1, 0.15) is 34.1 Å². The summed E-state index contributed by atoms with van der Waals surface area (Å²) in [4.78, 5) is 68.8. The minimum absolute atomic E-state index is 0.0253. The van der Waals surface area contributed by atoms with E-state index in [1.165, 1.54) is 64.1 Å². The van der Waals surface area contributed by atoms with E-state index in [1.807, 2.05) is 0 Å².